The summed E-state index contributed by atoms with van der Waals surface area (Å²) in [5.74, 6) is 0.806. The summed E-state index contributed by atoms with van der Waals surface area (Å²) in [4.78, 5) is 34.3. The highest BCUT2D eigenvalue weighted by Crippen LogP contribution is 2.27. The summed E-state index contributed by atoms with van der Waals surface area (Å²) in [6.07, 6.45) is 5.99. The molecule has 1 N–H and O–H groups in total. The van der Waals surface area contributed by atoms with Crippen LogP contribution in [0.3, 0.4) is 0 Å². The van der Waals surface area contributed by atoms with Gasteiger partial charge in [0, 0.05) is 25.1 Å². The first-order valence-corrected chi connectivity index (χ1v) is 14.3. The van der Waals surface area contributed by atoms with Crippen LogP contribution in [0.15, 0.2) is 94.8 Å². The lowest BCUT2D eigenvalue weighted by molar-refractivity contribution is 0.628. The molecule has 0 unspecified atom stereocenters. The highest BCUT2D eigenvalue weighted by Gasteiger charge is 2.18. The van der Waals surface area contributed by atoms with Crippen LogP contribution in [0.25, 0.3) is 28.0 Å². The molecule has 0 atom stereocenters. The molecule has 0 radical (unpaired) electrons. The van der Waals surface area contributed by atoms with Crippen molar-refractivity contribution in [2.45, 2.75) is 52.1 Å². The Morgan fingerprint density at radius 2 is 1.60 bits per heavy atom. The van der Waals surface area contributed by atoms with Crippen LogP contribution in [0.4, 0.5) is 0 Å². The van der Waals surface area contributed by atoms with Crippen LogP contribution in [0, 0.1) is 0 Å². The molecule has 0 aliphatic heterocycles. The minimum Gasteiger partial charge on any atom is -0.318 e. The SMILES string of the molecule is CCCCCc1nc2[nH]c(=O)n(CCc3ccccc3)c(=O)c2n1Cc1ccc(-c2ccccc2-n2cnnn2)cc1. The average Bonchev–Trinajstić information content (AvgIpc) is 3.67. The maximum atomic E-state index is 13.8. The molecule has 0 amide bonds. The van der Waals surface area contributed by atoms with Gasteiger partial charge in [-0.05, 0) is 46.0 Å². The Morgan fingerprint density at radius 1 is 0.810 bits per heavy atom. The standard InChI is InChI=1S/C32H32N8O2/c1-2-3-5-14-28-34-30-29(31(41)38(32(42)35-30)20-19-23-10-6-4-7-11-23)39(28)21-24-15-17-25(18-16-24)26-12-8-9-13-27(26)40-22-33-36-37-40/h4,6-13,15-18,22H,2-3,5,14,19-21H2,1H3,(H,35,42). The zero-order valence-corrected chi connectivity index (χ0v) is 23.5. The molecule has 42 heavy (non-hydrogen) atoms. The number of tetrazole rings is 1. The third kappa shape index (κ3) is 5.56. The number of nitrogens with one attached hydrogen (secondary N) is 1. The van der Waals surface area contributed by atoms with E-state index in [0.29, 0.717) is 30.7 Å². The average molecular weight is 561 g/mol. The number of rotatable bonds is 11. The van der Waals surface area contributed by atoms with Crippen molar-refractivity contribution in [3.63, 3.8) is 0 Å². The molecule has 6 aromatic rings. The number of aromatic amines is 1. The van der Waals surface area contributed by atoms with Gasteiger partial charge in [-0.1, -0.05) is 92.6 Å². The number of imidazole rings is 1. The molecule has 0 aliphatic carbocycles. The van der Waals surface area contributed by atoms with Crippen LogP contribution < -0.4 is 11.2 Å². The normalized spacial score (nSPS) is 11.4. The van der Waals surface area contributed by atoms with E-state index in [1.54, 1.807) is 11.0 Å². The highest BCUT2D eigenvalue weighted by atomic mass is 16.2. The first-order valence-electron chi connectivity index (χ1n) is 14.3. The molecule has 0 bridgehead atoms. The topological polar surface area (TPSA) is 116 Å². The fourth-order valence-electron chi connectivity index (χ4n) is 5.34. The van der Waals surface area contributed by atoms with Crippen LogP contribution in [0.2, 0.25) is 0 Å². The van der Waals surface area contributed by atoms with E-state index in [4.69, 9.17) is 4.98 Å². The van der Waals surface area contributed by atoms with E-state index in [1.165, 1.54) is 4.57 Å². The number of fused-ring (bicyclic) bond motifs is 1. The molecule has 10 heteroatoms. The van der Waals surface area contributed by atoms with E-state index in [2.05, 4.69) is 51.7 Å². The number of aromatic nitrogens is 8. The second kappa shape index (κ2) is 12.2. The van der Waals surface area contributed by atoms with E-state index in [-0.39, 0.29) is 5.56 Å². The van der Waals surface area contributed by atoms with Gasteiger partial charge in [-0.3, -0.25) is 14.3 Å². The molecule has 6 rings (SSSR count). The number of hydrogen-bond acceptors (Lipinski definition) is 6. The van der Waals surface area contributed by atoms with Crippen LogP contribution in [-0.4, -0.2) is 39.3 Å². The van der Waals surface area contributed by atoms with E-state index in [0.717, 1.165) is 59.4 Å². The smallest absolute Gasteiger partial charge is 0.318 e. The quantitative estimate of drug-likeness (QED) is 0.232. The molecule has 0 saturated carbocycles. The van der Waals surface area contributed by atoms with E-state index in [1.807, 2.05) is 59.2 Å². The van der Waals surface area contributed by atoms with Crippen molar-refractivity contribution < 1.29 is 0 Å². The number of H-pyrrole nitrogens is 1. The molecule has 212 valence electrons. The third-order valence-corrected chi connectivity index (χ3v) is 7.54. The summed E-state index contributed by atoms with van der Waals surface area (Å²) in [7, 11) is 0. The lowest BCUT2D eigenvalue weighted by Crippen LogP contribution is -2.36. The van der Waals surface area contributed by atoms with Crippen molar-refractivity contribution >= 4 is 11.2 Å². The molecule has 10 nitrogen and oxygen atoms in total. The summed E-state index contributed by atoms with van der Waals surface area (Å²) in [6.45, 7) is 2.91. The van der Waals surface area contributed by atoms with Gasteiger partial charge in [-0.2, -0.15) is 4.68 Å². The second-order valence-electron chi connectivity index (χ2n) is 10.4. The van der Waals surface area contributed by atoms with Crippen molar-refractivity contribution in [2.75, 3.05) is 0 Å². The van der Waals surface area contributed by atoms with Crippen LogP contribution >= 0.6 is 0 Å². The minimum absolute atomic E-state index is 0.292. The van der Waals surface area contributed by atoms with Crippen LogP contribution in [0.1, 0.15) is 43.1 Å². The van der Waals surface area contributed by atoms with Gasteiger partial charge in [0.15, 0.2) is 11.2 Å². The van der Waals surface area contributed by atoms with Gasteiger partial charge in [0.05, 0.1) is 5.69 Å². The molecule has 0 fully saturated rings. The zero-order valence-electron chi connectivity index (χ0n) is 23.5. The summed E-state index contributed by atoms with van der Waals surface area (Å²) in [5, 5.41) is 11.6. The van der Waals surface area contributed by atoms with Crippen molar-refractivity contribution in [2.24, 2.45) is 0 Å². The third-order valence-electron chi connectivity index (χ3n) is 7.54. The number of benzene rings is 3. The first-order chi connectivity index (χ1) is 20.6. The Hall–Kier alpha value is -5.12. The lowest BCUT2D eigenvalue weighted by Gasteiger charge is -2.12. The molecule has 3 heterocycles. The predicted octanol–water partition coefficient (Wildman–Crippen LogP) is 4.55. The number of aryl methyl sites for hydroxylation is 2. The number of para-hydroxylation sites is 1. The Labute approximate surface area is 242 Å². The number of nitrogens with zero attached hydrogens (tertiary/aromatic N) is 7. The summed E-state index contributed by atoms with van der Waals surface area (Å²) in [5.41, 5.74) is 5.04. The summed E-state index contributed by atoms with van der Waals surface area (Å²) >= 11 is 0. The lowest BCUT2D eigenvalue weighted by atomic mass is 10.0. The van der Waals surface area contributed by atoms with Gasteiger partial charge in [0.25, 0.3) is 5.56 Å². The maximum Gasteiger partial charge on any atom is 0.330 e. The first kappa shape index (κ1) is 27.1. The Kier molecular flexibility index (Phi) is 7.85. The van der Waals surface area contributed by atoms with Gasteiger partial charge in [0.2, 0.25) is 0 Å². The monoisotopic (exact) mass is 560 g/mol. The van der Waals surface area contributed by atoms with Gasteiger partial charge in [0.1, 0.15) is 12.2 Å². The van der Waals surface area contributed by atoms with Gasteiger partial charge in [-0.25, -0.2) is 9.78 Å². The molecule has 0 aliphatic rings. The van der Waals surface area contributed by atoms with Crippen molar-refractivity contribution in [3.8, 4) is 16.8 Å². The minimum atomic E-state index is -0.432. The Bertz CT molecular complexity index is 1900. The van der Waals surface area contributed by atoms with Crippen molar-refractivity contribution in [1.29, 1.82) is 0 Å². The fraction of sp³-hybridized carbons (Fsp3) is 0.250. The highest BCUT2D eigenvalue weighted by molar-refractivity contribution is 5.73. The molecule has 3 aromatic heterocycles. The van der Waals surface area contributed by atoms with Gasteiger partial charge >= 0.3 is 5.69 Å². The zero-order chi connectivity index (χ0) is 28.9. The number of hydrogen-bond donors (Lipinski definition) is 1. The van der Waals surface area contributed by atoms with Gasteiger partial charge in [-0.15, -0.1) is 5.10 Å². The van der Waals surface area contributed by atoms with Gasteiger partial charge < -0.3 is 4.57 Å². The fourth-order valence-corrected chi connectivity index (χ4v) is 5.34. The Balaban J connectivity index is 1.35. The molecule has 0 saturated heterocycles. The van der Waals surface area contributed by atoms with E-state index in [9.17, 15) is 9.59 Å². The van der Waals surface area contributed by atoms with Crippen molar-refractivity contribution in [3.05, 3.63) is 123 Å². The summed E-state index contributed by atoms with van der Waals surface area (Å²) in [6, 6.07) is 26.1. The second-order valence-corrected chi connectivity index (χ2v) is 10.4. The van der Waals surface area contributed by atoms with Crippen LogP contribution in [0.5, 0.6) is 0 Å². The Morgan fingerprint density at radius 3 is 2.36 bits per heavy atom. The molecule has 3 aromatic carbocycles. The van der Waals surface area contributed by atoms with Crippen molar-refractivity contribution in [1.82, 2.24) is 39.3 Å². The van der Waals surface area contributed by atoms with E-state index < -0.39 is 5.69 Å². The maximum absolute atomic E-state index is 13.8. The van der Waals surface area contributed by atoms with E-state index >= 15 is 0 Å². The summed E-state index contributed by atoms with van der Waals surface area (Å²) < 4.78 is 4.92. The largest absolute Gasteiger partial charge is 0.330 e. The van der Waals surface area contributed by atoms with Crippen LogP contribution in [-0.2, 0) is 25.9 Å². The number of unbranched alkanes of at least 4 members (excludes halogenated alkanes) is 2. The predicted molar refractivity (Wildman–Crippen MR) is 162 cm³/mol. The molecule has 0 spiro atoms. The molecular formula is C32H32N8O2. The molecular weight excluding hydrogens is 528 g/mol.